The van der Waals surface area contributed by atoms with E-state index in [1.165, 1.54) is 12.1 Å². The Morgan fingerprint density at radius 3 is 2.54 bits per heavy atom. The summed E-state index contributed by atoms with van der Waals surface area (Å²) >= 11 is 0. The fraction of sp³-hybridized carbons (Fsp3) is 0.118. The molecule has 0 amide bonds. The zero-order valence-electron chi connectivity index (χ0n) is 12.7. The minimum absolute atomic E-state index is 0.0728. The molecule has 0 aliphatic heterocycles. The SMILES string of the molecule is Cn1nc(-c2ccc(OC(F)F)cc2)nc1-c1cccc(C=O)c1. The number of nitrogens with zero attached hydrogens (tertiary/aromatic N) is 3. The summed E-state index contributed by atoms with van der Waals surface area (Å²) in [6.45, 7) is -2.86. The smallest absolute Gasteiger partial charge is 0.387 e. The molecule has 122 valence electrons. The summed E-state index contributed by atoms with van der Waals surface area (Å²) < 4.78 is 30.3. The molecule has 0 aliphatic rings. The van der Waals surface area contributed by atoms with Crippen LogP contribution in [0.15, 0.2) is 48.5 Å². The Kier molecular flexibility index (Phi) is 4.33. The molecule has 2 aromatic carbocycles. The molecule has 0 radical (unpaired) electrons. The minimum atomic E-state index is -2.86. The van der Waals surface area contributed by atoms with Crippen LogP contribution in [-0.2, 0) is 7.05 Å². The van der Waals surface area contributed by atoms with Crippen molar-refractivity contribution in [1.29, 1.82) is 0 Å². The molecule has 0 aliphatic carbocycles. The standard InChI is InChI=1S/C17H13F2N3O2/c1-22-16(13-4-2-3-11(9-13)10-23)20-15(21-22)12-5-7-14(8-6-12)24-17(18)19/h2-10,17H,1H3. The first-order chi connectivity index (χ1) is 11.6. The molecule has 0 saturated carbocycles. The van der Waals surface area contributed by atoms with E-state index < -0.39 is 6.61 Å². The third kappa shape index (κ3) is 3.29. The molecule has 0 atom stereocenters. The molecule has 3 aromatic rings. The van der Waals surface area contributed by atoms with E-state index in [-0.39, 0.29) is 5.75 Å². The van der Waals surface area contributed by atoms with Gasteiger partial charge in [-0.05, 0) is 30.3 Å². The molecule has 5 nitrogen and oxygen atoms in total. The van der Waals surface area contributed by atoms with Crippen LogP contribution in [0.2, 0.25) is 0 Å². The number of benzene rings is 2. The average molecular weight is 329 g/mol. The van der Waals surface area contributed by atoms with E-state index >= 15 is 0 Å². The van der Waals surface area contributed by atoms with E-state index in [1.54, 1.807) is 42.1 Å². The quantitative estimate of drug-likeness (QED) is 0.672. The van der Waals surface area contributed by atoms with Gasteiger partial charge in [0.1, 0.15) is 12.0 Å². The second-order valence-corrected chi connectivity index (χ2v) is 5.03. The molecule has 7 heteroatoms. The summed E-state index contributed by atoms with van der Waals surface area (Å²) in [5.41, 5.74) is 1.98. The van der Waals surface area contributed by atoms with Gasteiger partial charge < -0.3 is 4.74 Å². The molecular weight excluding hydrogens is 316 g/mol. The largest absolute Gasteiger partial charge is 0.435 e. The maximum absolute atomic E-state index is 12.2. The van der Waals surface area contributed by atoms with Crippen LogP contribution in [0.3, 0.4) is 0 Å². The van der Waals surface area contributed by atoms with Gasteiger partial charge >= 0.3 is 6.61 Å². The number of ether oxygens (including phenoxy) is 1. The van der Waals surface area contributed by atoms with Gasteiger partial charge in [-0.1, -0.05) is 18.2 Å². The first-order valence-corrected chi connectivity index (χ1v) is 7.09. The van der Waals surface area contributed by atoms with Crippen molar-refractivity contribution in [2.75, 3.05) is 0 Å². The van der Waals surface area contributed by atoms with Crippen molar-refractivity contribution in [3.05, 3.63) is 54.1 Å². The number of aromatic nitrogens is 3. The normalized spacial score (nSPS) is 10.8. The van der Waals surface area contributed by atoms with Gasteiger partial charge in [0, 0.05) is 23.7 Å². The zero-order valence-corrected chi connectivity index (χ0v) is 12.7. The fourth-order valence-corrected chi connectivity index (χ4v) is 2.29. The van der Waals surface area contributed by atoms with Gasteiger partial charge in [-0.15, -0.1) is 0 Å². The predicted molar refractivity (Wildman–Crippen MR) is 83.9 cm³/mol. The lowest BCUT2D eigenvalue weighted by Gasteiger charge is -2.03. The second kappa shape index (κ2) is 6.57. The van der Waals surface area contributed by atoms with Crippen LogP contribution < -0.4 is 4.74 Å². The number of aldehydes is 1. The Balaban J connectivity index is 1.92. The maximum Gasteiger partial charge on any atom is 0.387 e. The first-order valence-electron chi connectivity index (χ1n) is 7.09. The van der Waals surface area contributed by atoms with Crippen molar-refractivity contribution < 1.29 is 18.3 Å². The molecule has 1 aromatic heterocycles. The van der Waals surface area contributed by atoms with E-state index in [0.29, 0.717) is 22.8 Å². The van der Waals surface area contributed by atoms with Crippen molar-refractivity contribution in [3.8, 4) is 28.5 Å². The van der Waals surface area contributed by atoms with Gasteiger partial charge in [0.15, 0.2) is 11.6 Å². The molecule has 3 rings (SSSR count). The Hall–Kier alpha value is -3.09. The van der Waals surface area contributed by atoms with E-state index in [9.17, 15) is 13.6 Å². The summed E-state index contributed by atoms with van der Waals surface area (Å²) in [5, 5.41) is 4.33. The summed E-state index contributed by atoms with van der Waals surface area (Å²) in [5.74, 6) is 1.12. The zero-order chi connectivity index (χ0) is 17.1. The minimum Gasteiger partial charge on any atom is -0.435 e. The van der Waals surface area contributed by atoms with E-state index in [0.717, 1.165) is 11.8 Å². The first kappa shape index (κ1) is 15.8. The number of hydrogen-bond acceptors (Lipinski definition) is 4. The van der Waals surface area contributed by atoms with Crippen LogP contribution in [0.25, 0.3) is 22.8 Å². The Labute approximate surface area is 136 Å². The third-order valence-corrected chi connectivity index (χ3v) is 3.38. The monoisotopic (exact) mass is 329 g/mol. The lowest BCUT2D eigenvalue weighted by atomic mass is 10.1. The summed E-state index contributed by atoms with van der Waals surface area (Å²) in [4.78, 5) is 15.4. The Morgan fingerprint density at radius 2 is 1.88 bits per heavy atom. The topological polar surface area (TPSA) is 57.0 Å². The van der Waals surface area contributed by atoms with E-state index in [2.05, 4.69) is 14.8 Å². The number of carbonyl (C=O) groups is 1. The summed E-state index contributed by atoms with van der Waals surface area (Å²) in [7, 11) is 1.74. The van der Waals surface area contributed by atoms with Crippen LogP contribution in [-0.4, -0.2) is 27.7 Å². The van der Waals surface area contributed by atoms with Gasteiger partial charge in [-0.2, -0.15) is 13.9 Å². The van der Waals surface area contributed by atoms with Crippen LogP contribution in [0, 0.1) is 0 Å². The van der Waals surface area contributed by atoms with Crippen LogP contribution in [0.4, 0.5) is 8.78 Å². The number of hydrogen-bond donors (Lipinski definition) is 0. The van der Waals surface area contributed by atoms with Crippen LogP contribution >= 0.6 is 0 Å². The highest BCUT2D eigenvalue weighted by atomic mass is 19.3. The highest BCUT2D eigenvalue weighted by Gasteiger charge is 2.12. The highest BCUT2D eigenvalue weighted by molar-refractivity contribution is 5.78. The fourth-order valence-electron chi connectivity index (χ4n) is 2.29. The summed E-state index contributed by atoms with van der Waals surface area (Å²) in [6, 6.07) is 13.1. The second-order valence-electron chi connectivity index (χ2n) is 5.03. The lowest BCUT2D eigenvalue weighted by molar-refractivity contribution is -0.0498. The molecular formula is C17H13F2N3O2. The highest BCUT2D eigenvalue weighted by Crippen LogP contribution is 2.24. The van der Waals surface area contributed by atoms with Crippen molar-refractivity contribution >= 4 is 6.29 Å². The van der Waals surface area contributed by atoms with E-state index in [1.807, 2.05) is 6.07 Å². The number of halogens is 2. The van der Waals surface area contributed by atoms with Gasteiger partial charge in [0.05, 0.1) is 0 Å². The molecule has 0 spiro atoms. The molecule has 0 N–H and O–H groups in total. The molecule has 24 heavy (non-hydrogen) atoms. The van der Waals surface area contributed by atoms with Crippen molar-refractivity contribution in [3.63, 3.8) is 0 Å². The van der Waals surface area contributed by atoms with Gasteiger partial charge in [0.2, 0.25) is 0 Å². The number of alkyl halides is 2. The van der Waals surface area contributed by atoms with Gasteiger partial charge in [0.25, 0.3) is 0 Å². The number of rotatable bonds is 5. The molecule has 0 bridgehead atoms. The van der Waals surface area contributed by atoms with E-state index in [4.69, 9.17) is 0 Å². The van der Waals surface area contributed by atoms with Crippen LogP contribution in [0.5, 0.6) is 5.75 Å². The van der Waals surface area contributed by atoms with Crippen molar-refractivity contribution in [2.45, 2.75) is 6.61 Å². The average Bonchev–Trinajstić information content (AvgIpc) is 2.97. The van der Waals surface area contributed by atoms with Gasteiger partial charge in [-0.25, -0.2) is 9.67 Å². The molecule has 1 heterocycles. The number of carbonyl (C=O) groups excluding carboxylic acids is 1. The lowest BCUT2D eigenvalue weighted by Crippen LogP contribution is -2.01. The molecule has 0 fully saturated rings. The number of aryl methyl sites for hydroxylation is 1. The van der Waals surface area contributed by atoms with Crippen LogP contribution in [0.1, 0.15) is 10.4 Å². The van der Waals surface area contributed by atoms with Gasteiger partial charge in [-0.3, -0.25) is 4.79 Å². The molecule has 0 saturated heterocycles. The van der Waals surface area contributed by atoms with Crippen molar-refractivity contribution in [2.24, 2.45) is 7.05 Å². The Bertz CT molecular complexity index is 861. The third-order valence-electron chi connectivity index (χ3n) is 3.38. The Morgan fingerprint density at radius 1 is 1.12 bits per heavy atom. The predicted octanol–water partition coefficient (Wildman–Crippen LogP) is 3.56. The van der Waals surface area contributed by atoms with Crippen molar-refractivity contribution in [1.82, 2.24) is 14.8 Å². The summed E-state index contributed by atoms with van der Waals surface area (Å²) in [6.07, 6.45) is 0.766. The molecule has 0 unspecified atom stereocenters. The maximum atomic E-state index is 12.2.